The molecule has 4 nitrogen and oxygen atoms in total. The third-order valence-corrected chi connectivity index (χ3v) is 5.65. The molecule has 128 valence electrons. The van der Waals surface area contributed by atoms with Gasteiger partial charge in [0.25, 0.3) is 5.91 Å². The monoisotopic (exact) mass is 352 g/mol. The number of piperazine rings is 1. The van der Waals surface area contributed by atoms with E-state index in [0.717, 1.165) is 32.7 Å². The highest BCUT2D eigenvalue weighted by atomic mass is 32.1. The van der Waals surface area contributed by atoms with E-state index in [0.29, 0.717) is 5.56 Å². The number of nitrogens with zero attached hydrogens (tertiary/aromatic N) is 2. The van der Waals surface area contributed by atoms with Crippen molar-refractivity contribution in [3.63, 3.8) is 0 Å². The molecule has 1 amide bonds. The highest BCUT2D eigenvalue weighted by molar-refractivity contribution is 7.15. The Morgan fingerprint density at radius 2 is 1.80 bits per heavy atom. The van der Waals surface area contributed by atoms with Crippen LogP contribution in [0.1, 0.15) is 15.2 Å². The number of carbonyl (C=O) groups is 1. The molecule has 0 bridgehead atoms. The molecule has 0 aliphatic carbocycles. The summed E-state index contributed by atoms with van der Waals surface area (Å²) >= 11 is 1.85. The second-order valence-electron chi connectivity index (χ2n) is 6.21. The predicted molar refractivity (Wildman–Crippen MR) is 99.6 cm³/mol. The van der Waals surface area contributed by atoms with Crippen LogP contribution in [-0.2, 0) is 6.54 Å². The molecule has 5 heteroatoms. The number of hydrogen-bond donors (Lipinski definition) is 0. The fourth-order valence-corrected chi connectivity index (χ4v) is 4.17. The summed E-state index contributed by atoms with van der Waals surface area (Å²) in [5.41, 5.74) is 1.91. The van der Waals surface area contributed by atoms with E-state index in [1.54, 1.807) is 12.3 Å². The lowest BCUT2D eigenvalue weighted by atomic mass is 10.2. The summed E-state index contributed by atoms with van der Waals surface area (Å²) in [5, 5.41) is 0. The third-order valence-electron chi connectivity index (χ3n) is 4.53. The van der Waals surface area contributed by atoms with Crippen molar-refractivity contribution in [1.82, 2.24) is 9.80 Å². The summed E-state index contributed by atoms with van der Waals surface area (Å²) in [6.45, 7) is 4.29. The van der Waals surface area contributed by atoms with Crippen LogP contribution in [0.25, 0.3) is 10.4 Å². The number of rotatable bonds is 4. The first-order chi connectivity index (χ1) is 12.3. The number of amides is 1. The zero-order valence-electron chi connectivity index (χ0n) is 13.9. The van der Waals surface area contributed by atoms with Gasteiger partial charge in [-0.1, -0.05) is 30.3 Å². The Labute approximate surface area is 151 Å². The van der Waals surface area contributed by atoms with E-state index in [4.69, 9.17) is 4.42 Å². The van der Waals surface area contributed by atoms with Gasteiger partial charge in [-0.15, -0.1) is 11.3 Å². The van der Waals surface area contributed by atoms with E-state index >= 15 is 0 Å². The first-order valence-corrected chi connectivity index (χ1v) is 9.29. The van der Waals surface area contributed by atoms with Gasteiger partial charge < -0.3 is 9.32 Å². The second kappa shape index (κ2) is 7.25. The average Bonchev–Trinajstić information content (AvgIpc) is 3.35. The van der Waals surface area contributed by atoms with Crippen molar-refractivity contribution in [2.75, 3.05) is 26.2 Å². The molecule has 1 aliphatic rings. The molecule has 2 aromatic heterocycles. The number of carbonyl (C=O) groups excluding carboxylic acids is 1. The van der Waals surface area contributed by atoms with Crippen molar-refractivity contribution in [2.45, 2.75) is 6.54 Å². The van der Waals surface area contributed by atoms with Gasteiger partial charge in [-0.2, -0.15) is 0 Å². The lowest BCUT2D eigenvalue weighted by molar-refractivity contribution is 0.0629. The lowest BCUT2D eigenvalue weighted by Gasteiger charge is -2.34. The molecule has 1 saturated heterocycles. The van der Waals surface area contributed by atoms with Crippen LogP contribution < -0.4 is 0 Å². The summed E-state index contributed by atoms with van der Waals surface area (Å²) < 4.78 is 5.01. The maximum atomic E-state index is 12.3. The van der Waals surface area contributed by atoms with Gasteiger partial charge in [0.15, 0.2) is 0 Å². The Morgan fingerprint density at radius 3 is 2.52 bits per heavy atom. The zero-order chi connectivity index (χ0) is 17.1. The molecule has 1 aliphatic heterocycles. The Kier molecular flexibility index (Phi) is 4.68. The van der Waals surface area contributed by atoms with E-state index in [1.807, 2.05) is 22.3 Å². The maximum absolute atomic E-state index is 12.3. The summed E-state index contributed by atoms with van der Waals surface area (Å²) in [7, 11) is 0. The van der Waals surface area contributed by atoms with E-state index in [-0.39, 0.29) is 5.91 Å². The summed E-state index contributed by atoms with van der Waals surface area (Å²) in [5.74, 6) is 0.0656. The lowest BCUT2D eigenvalue weighted by Crippen LogP contribution is -2.48. The van der Waals surface area contributed by atoms with Gasteiger partial charge in [0.05, 0.1) is 11.8 Å². The van der Waals surface area contributed by atoms with Gasteiger partial charge >= 0.3 is 0 Å². The molecule has 3 heterocycles. The van der Waals surface area contributed by atoms with Gasteiger partial charge in [-0.25, -0.2) is 0 Å². The van der Waals surface area contributed by atoms with Crippen LogP contribution in [0.2, 0.25) is 0 Å². The van der Waals surface area contributed by atoms with Gasteiger partial charge in [-0.3, -0.25) is 9.69 Å². The van der Waals surface area contributed by atoms with Crippen LogP contribution in [0.3, 0.4) is 0 Å². The van der Waals surface area contributed by atoms with E-state index in [2.05, 4.69) is 41.3 Å². The number of benzene rings is 1. The first kappa shape index (κ1) is 16.1. The van der Waals surface area contributed by atoms with Gasteiger partial charge in [0, 0.05) is 42.5 Å². The highest BCUT2D eigenvalue weighted by Crippen LogP contribution is 2.28. The summed E-state index contributed by atoms with van der Waals surface area (Å²) in [4.78, 5) is 19.3. The molecule has 1 fully saturated rings. The molecule has 25 heavy (non-hydrogen) atoms. The molecule has 0 spiro atoms. The largest absolute Gasteiger partial charge is 0.472 e. The molecule has 4 rings (SSSR count). The molecular weight excluding hydrogens is 332 g/mol. The number of furan rings is 1. The first-order valence-electron chi connectivity index (χ1n) is 8.47. The normalized spacial score (nSPS) is 15.4. The standard InChI is InChI=1S/C20H20N2O2S/c23-20(17-8-13-24-15-17)22-11-9-21(10-12-22)14-18-6-7-19(25-18)16-4-2-1-3-5-16/h1-8,13,15H,9-12,14H2. The quantitative estimate of drug-likeness (QED) is 0.713. The molecule has 0 atom stereocenters. The van der Waals surface area contributed by atoms with Crippen LogP contribution >= 0.6 is 11.3 Å². The van der Waals surface area contributed by atoms with Gasteiger partial charge in [-0.05, 0) is 23.8 Å². The zero-order valence-corrected chi connectivity index (χ0v) is 14.7. The topological polar surface area (TPSA) is 36.7 Å². The highest BCUT2D eigenvalue weighted by Gasteiger charge is 2.23. The van der Waals surface area contributed by atoms with E-state index in [1.165, 1.54) is 21.6 Å². The van der Waals surface area contributed by atoms with E-state index in [9.17, 15) is 4.79 Å². The molecule has 0 saturated carbocycles. The molecule has 3 aromatic rings. The minimum Gasteiger partial charge on any atom is -0.472 e. The van der Waals surface area contributed by atoms with Crippen LogP contribution in [0.4, 0.5) is 0 Å². The fourth-order valence-electron chi connectivity index (χ4n) is 3.12. The second-order valence-corrected chi connectivity index (χ2v) is 7.38. The Morgan fingerprint density at radius 1 is 1.00 bits per heavy atom. The number of thiophene rings is 1. The van der Waals surface area contributed by atoms with Crippen molar-refractivity contribution in [1.29, 1.82) is 0 Å². The van der Waals surface area contributed by atoms with Crippen molar-refractivity contribution in [3.05, 3.63) is 71.5 Å². The third kappa shape index (κ3) is 3.67. The van der Waals surface area contributed by atoms with Crippen molar-refractivity contribution < 1.29 is 9.21 Å². The van der Waals surface area contributed by atoms with Crippen molar-refractivity contribution >= 4 is 17.2 Å². The minimum atomic E-state index is 0.0656. The summed E-state index contributed by atoms with van der Waals surface area (Å²) in [6.07, 6.45) is 3.07. The fraction of sp³-hybridized carbons (Fsp3) is 0.250. The molecule has 0 radical (unpaired) electrons. The van der Waals surface area contributed by atoms with Gasteiger partial charge in [0.1, 0.15) is 6.26 Å². The van der Waals surface area contributed by atoms with Crippen molar-refractivity contribution in [3.8, 4) is 10.4 Å². The van der Waals surface area contributed by atoms with Crippen LogP contribution in [-0.4, -0.2) is 41.9 Å². The van der Waals surface area contributed by atoms with Crippen LogP contribution in [0.15, 0.2) is 65.5 Å². The average molecular weight is 352 g/mol. The Bertz CT molecular complexity index is 819. The smallest absolute Gasteiger partial charge is 0.257 e. The predicted octanol–water partition coefficient (Wildman–Crippen LogP) is 3.97. The SMILES string of the molecule is O=C(c1ccoc1)N1CCN(Cc2ccc(-c3ccccc3)s2)CC1. The summed E-state index contributed by atoms with van der Waals surface area (Å²) in [6, 6.07) is 16.6. The van der Waals surface area contributed by atoms with E-state index < -0.39 is 0 Å². The van der Waals surface area contributed by atoms with Gasteiger partial charge in [0.2, 0.25) is 0 Å². The molecule has 0 unspecified atom stereocenters. The Hall–Kier alpha value is -2.37. The molecule has 1 aromatic carbocycles. The Balaban J connectivity index is 1.33. The van der Waals surface area contributed by atoms with Crippen LogP contribution in [0.5, 0.6) is 0 Å². The van der Waals surface area contributed by atoms with Crippen LogP contribution in [0, 0.1) is 0 Å². The number of hydrogen-bond acceptors (Lipinski definition) is 4. The minimum absolute atomic E-state index is 0.0656. The van der Waals surface area contributed by atoms with Crippen molar-refractivity contribution in [2.24, 2.45) is 0 Å². The molecular formula is C20H20N2O2S. The molecule has 0 N–H and O–H groups in total. The maximum Gasteiger partial charge on any atom is 0.257 e.